The smallest absolute Gasteiger partial charge is 0.269 e. The number of carbonyl (C=O) groups excluding carboxylic acids is 1. The van der Waals surface area contributed by atoms with Gasteiger partial charge in [0.05, 0.1) is 10.2 Å². The number of oxazole rings is 1. The van der Waals surface area contributed by atoms with Crippen molar-refractivity contribution in [3.63, 3.8) is 0 Å². The first-order chi connectivity index (χ1) is 11.9. The molecule has 1 heterocycles. The predicted molar refractivity (Wildman–Crippen MR) is 96.1 cm³/mol. The fraction of sp³-hybridized carbons (Fsp3) is 0.125. The van der Waals surface area contributed by atoms with Crippen LogP contribution in [0.4, 0.5) is 11.4 Å². The molecule has 1 amide bonds. The van der Waals surface area contributed by atoms with Gasteiger partial charge in [-0.05, 0) is 37.3 Å². The molecule has 128 valence electrons. The summed E-state index contributed by atoms with van der Waals surface area (Å²) >= 11 is 7.08. The number of nitrogens with zero attached hydrogens (tertiary/aromatic N) is 2. The topological polar surface area (TPSA) is 98.3 Å². The van der Waals surface area contributed by atoms with E-state index >= 15 is 0 Å². The Labute approximate surface area is 151 Å². The molecule has 2 aromatic carbocycles. The van der Waals surface area contributed by atoms with E-state index in [4.69, 9.17) is 16.0 Å². The van der Waals surface area contributed by atoms with Gasteiger partial charge >= 0.3 is 0 Å². The first-order valence-electron chi connectivity index (χ1n) is 7.20. The number of halogens is 1. The zero-order valence-corrected chi connectivity index (χ0v) is 14.5. The minimum Gasteiger partial charge on any atom is -0.431 e. The Bertz CT molecular complexity index is 942. The zero-order chi connectivity index (χ0) is 18.0. The number of carbonyl (C=O) groups is 1. The molecule has 0 aliphatic carbocycles. The van der Waals surface area contributed by atoms with Gasteiger partial charge in [-0.25, -0.2) is 4.98 Å². The number of nitro benzene ring substituents is 1. The Morgan fingerprint density at radius 3 is 2.72 bits per heavy atom. The Hall–Kier alpha value is -2.58. The van der Waals surface area contributed by atoms with Crippen LogP contribution >= 0.6 is 23.4 Å². The van der Waals surface area contributed by atoms with Crippen LogP contribution in [-0.4, -0.2) is 21.1 Å². The first-order valence-corrected chi connectivity index (χ1v) is 8.46. The number of rotatable bonds is 5. The molecule has 0 fully saturated rings. The van der Waals surface area contributed by atoms with Crippen LogP contribution in [0.1, 0.15) is 6.92 Å². The van der Waals surface area contributed by atoms with Crippen LogP contribution in [0.2, 0.25) is 5.02 Å². The zero-order valence-electron chi connectivity index (χ0n) is 12.9. The second-order valence-corrected chi connectivity index (χ2v) is 6.87. The molecule has 1 aromatic heterocycles. The maximum absolute atomic E-state index is 12.2. The van der Waals surface area contributed by atoms with Gasteiger partial charge in [-0.3, -0.25) is 14.9 Å². The summed E-state index contributed by atoms with van der Waals surface area (Å²) in [5.74, 6) is -0.265. The second kappa shape index (κ2) is 7.12. The number of benzene rings is 2. The van der Waals surface area contributed by atoms with Gasteiger partial charge in [0.25, 0.3) is 10.9 Å². The quantitative estimate of drug-likeness (QED) is 0.399. The molecular formula is C16H12ClN3O4S. The van der Waals surface area contributed by atoms with Crippen LogP contribution < -0.4 is 5.32 Å². The number of fused-ring (bicyclic) bond motifs is 1. The fourth-order valence-electron chi connectivity index (χ4n) is 2.04. The van der Waals surface area contributed by atoms with Gasteiger partial charge in [-0.15, -0.1) is 0 Å². The lowest BCUT2D eigenvalue weighted by atomic mass is 10.3. The molecule has 9 heteroatoms. The summed E-state index contributed by atoms with van der Waals surface area (Å²) in [6.07, 6.45) is 0. The van der Waals surface area contributed by atoms with Crippen LogP contribution in [-0.2, 0) is 4.79 Å². The molecule has 3 rings (SSSR count). The molecule has 1 atom stereocenters. The molecule has 0 aliphatic heterocycles. The molecule has 7 nitrogen and oxygen atoms in total. The van der Waals surface area contributed by atoms with Gasteiger partial charge in [0.1, 0.15) is 5.52 Å². The Kier molecular flexibility index (Phi) is 4.91. The largest absolute Gasteiger partial charge is 0.431 e. The molecule has 0 aliphatic rings. The second-order valence-electron chi connectivity index (χ2n) is 5.15. The van der Waals surface area contributed by atoms with E-state index in [0.717, 1.165) is 0 Å². The highest BCUT2D eigenvalue weighted by atomic mass is 35.5. The van der Waals surface area contributed by atoms with Gasteiger partial charge in [0.2, 0.25) is 5.91 Å². The van der Waals surface area contributed by atoms with Crippen molar-refractivity contribution in [1.82, 2.24) is 4.98 Å². The number of aromatic nitrogens is 1. The fourth-order valence-corrected chi connectivity index (χ4v) is 2.97. The van der Waals surface area contributed by atoms with Crippen LogP contribution in [0.25, 0.3) is 11.1 Å². The maximum atomic E-state index is 12.2. The minimum absolute atomic E-state index is 0.0365. The van der Waals surface area contributed by atoms with E-state index in [1.165, 1.54) is 36.0 Å². The van der Waals surface area contributed by atoms with E-state index < -0.39 is 10.2 Å². The summed E-state index contributed by atoms with van der Waals surface area (Å²) in [5, 5.41) is 13.8. The normalized spacial score (nSPS) is 12.1. The highest BCUT2D eigenvalue weighted by Crippen LogP contribution is 2.28. The van der Waals surface area contributed by atoms with Crippen LogP contribution in [0.5, 0.6) is 0 Å². The number of amides is 1. The minimum atomic E-state index is -0.496. The molecular weight excluding hydrogens is 366 g/mol. The van der Waals surface area contributed by atoms with Crippen molar-refractivity contribution in [2.75, 3.05) is 5.32 Å². The van der Waals surface area contributed by atoms with Gasteiger partial charge in [-0.1, -0.05) is 23.4 Å². The summed E-state index contributed by atoms with van der Waals surface area (Å²) < 4.78 is 5.57. The average molecular weight is 378 g/mol. The summed E-state index contributed by atoms with van der Waals surface area (Å²) in [6.45, 7) is 1.72. The number of nitrogens with one attached hydrogen (secondary N) is 1. The number of anilines is 1. The Morgan fingerprint density at radius 1 is 1.32 bits per heavy atom. The van der Waals surface area contributed by atoms with Crippen molar-refractivity contribution in [3.05, 3.63) is 57.6 Å². The summed E-state index contributed by atoms with van der Waals surface area (Å²) in [6, 6.07) is 10.7. The van der Waals surface area contributed by atoms with E-state index in [1.807, 2.05) is 0 Å². The predicted octanol–water partition coefficient (Wildman–Crippen LogP) is 4.51. The molecule has 1 N–H and O–H groups in total. The highest BCUT2D eigenvalue weighted by molar-refractivity contribution is 8.00. The van der Waals surface area contributed by atoms with Gasteiger partial charge in [-0.2, -0.15) is 0 Å². The number of hydrogen-bond acceptors (Lipinski definition) is 6. The van der Waals surface area contributed by atoms with E-state index in [1.54, 1.807) is 25.1 Å². The van der Waals surface area contributed by atoms with E-state index in [2.05, 4.69) is 10.3 Å². The van der Waals surface area contributed by atoms with Crippen molar-refractivity contribution >= 4 is 51.7 Å². The molecule has 25 heavy (non-hydrogen) atoms. The lowest BCUT2D eigenvalue weighted by Crippen LogP contribution is -2.22. The number of non-ortho nitro benzene ring substituents is 1. The SMILES string of the molecule is CC(Sc1nc2cc(Cl)ccc2o1)C(=O)Nc1ccc([N+](=O)[O-])cc1. The average Bonchev–Trinajstić information content (AvgIpc) is 2.96. The van der Waals surface area contributed by atoms with Crippen LogP contribution in [0.15, 0.2) is 52.1 Å². The highest BCUT2D eigenvalue weighted by Gasteiger charge is 2.18. The van der Waals surface area contributed by atoms with Crippen LogP contribution in [0.3, 0.4) is 0 Å². The first kappa shape index (κ1) is 17.2. The Morgan fingerprint density at radius 2 is 2.04 bits per heavy atom. The van der Waals surface area contributed by atoms with Crippen molar-refractivity contribution in [1.29, 1.82) is 0 Å². The third-order valence-corrected chi connectivity index (χ3v) is 4.50. The van der Waals surface area contributed by atoms with Gasteiger partial charge in [0.15, 0.2) is 5.58 Å². The van der Waals surface area contributed by atoms with Crippen molar-refractivity contribution in [2.45, 2.75) is 17.4 Å². The summed E-state index contributed by atoms with van der Waals surface area (Å²) in [5.41, 5.74) is 1.66. The van der Waals surface area contributed by atoms with Crippen LogP contribution in [0, 0.1) is 10.1 Å². The van der Waals surface area contributed by atoms with E-state index in [0.29, 0.717) is 27.0 Å². The molecule has 0 saturated carbocycles. The van der Waals surface area contributed by atoms with Crippen molar-refractivity contribution in [3.8, 4) is 0 Å². The molecule has 0 spiro atoms. The molecule has 0 bridgehead atoms. The van der Waals surface area contributed by atoms with Gasteiger partial charge < -0.3 is 9.73 Å². The maximum Gasteiger partial charge on any atom is 0.269 e. The Balaban J connectivity index is 1.66. The van der Waals surface area contributed by atoms with Crippen molar-refractivity contribution in [2.24, 2.45) is 0 Å². The molecule has 3 aromatic rings. The number of thioether (sulfide) groups is 1. The third-order valence-electron chi connectivity index (χ3n) is 3.32. The lowest BCUT2D eigenvalue weighted by molar-refractivity contribution is -0.384. The molecule has 0 saturated heterocycles. The van der Waals surface area contributed by atoms with E-state index in [9.17, 15) is 14.9 Å². The van der Waals surface area contributed by atoms with Crippen molar-refractivity contribution < 1.29 is 14.1 Å². The number of nitro groups is 1. The third kappa shape index (κ3) is 4.09. The lowest BCUT2D eigenvalue weighted by Gasteiger charge is -2.09. The molecule has 0 radical (unpaired) electrons. The standard InChI is InChI=1S/C16H12ClN3O4S/c1-9(15(21)18-11-3-5-12(6-4-11)20(22)23)25-16-19-13-8-10(17)2-7-14(13)24-16/h2-9H,1H3,(H,18,21). The molecule has 1 unspecified atom stereocenters. The monoisotopic (exact) mass is 377 g/mol. The number of hydrogen-bond donors (Lipinski definition) is 1. The van der Waals surface area contributed by atoms with E-state index in [-0.39, 0.29) is 11.6 Å². The summed E-state index contributed by atoms with van der Waals surface area (Å²) in [7, 11) is 0. The van der Waals surface area contributed by atoms with Gasteiger partial charge in [0, 0.05) is 22.8 Å². The summed E-state index contributed by atoms with van der Waals surface area (Å²) in [4.78, 5) is 26.7.